The van der Waals surface area contributed by atoms with Crippen LogP contribution in [0.25, 0.3) is 0 Å². The van der Waals surface area contributed by atoms with Gasteiger partial charge < -0.3 is 5.73 Å². The number of likely N-dealkylation sites (tertiary alicyclic amines) is 1. The van der Waals surface area contributed by atoms with Crippen molar-refractivity contribution >= 4 is 11.8 Å². The molecule has 2 nitrogen and oxygen atoms in total. The fourth-order valence-corrected chi connectivity index (χ4v) is 3.86. The van der Waals surface area contributed by atoms with E-state index in [1.165, 1.54) is 38.1 Å². The average Bonchev–Trinajstić information content (AvgIpc) is 2.65. The summed E-state index contributed by atoms with van der Waals surface area (Å²) < 4.78 is 0. The highest BCUT2D eigenvalue weighted by Crippen LogP contribution is 2.31. The summed E-state index contributed by atoms with van der Waals surface area (Å²) in [6.07, 6.45) is 4.05. The molecule has 2 heterocycles. The first-order valence-corrected chi connectivity index (χ1v) is 6.90. The first kappa shape index (κ1) is 10.8. The molecule has 0 aromatic carbocycles. The second-order valence-corrected chi connectivity index (χ2v) is 6.22. The highest BCUT2D eigenvalue weighted by atomic mass is 32.2. The lowest BCUT2D eigenvalue weighted by Crippen LogP contribution is -2.42. The summed E-state index contributed by atoms with van der Waals surface area (Å²) >= 11 is 2.14. The van der Waals surface area contributed by atoms with Gasteiger partial charge in [-0.2, -0.15) is 11.8 Å². The Labute approximate surface area is 91.6 Å². The maximum Gasteiger partial charge on any atom is 0.0196 e. The largest absolute Gasteiger partial charge is 0.330 e. The van der Waals surface area contributed by atoms with E-state index in [0.717, 1.165) is 23.8 Å². The van der Waals surface area contributed by atoms with Crippen LogP contribution in [0.15, 0.2) is 0 Å². The van der Waals surface area contributed by atoms with Crippen molar-refractivity contribution in [1.29, 1.82) is 0 Å². The van der Waals surface area contributed by atoms with Gasteiger partial charge in [0.2, 0.25) is 0 Å². The van der Waals surface area contributed by atoms with Crippen molar-refractivity contribution in [3.05, 3.63) is 0 Å². The standard InChI is InChI=1S/C11H22N2S/c1-9-6-11(8-14-9)13-4-2-10(7-12)3-5-13/h9-11H,2-8,12H2,1H3. The quantitative estimate of drug-likeness (QED) is 0.756. The Morgan fingerprint density at radius 2 is 2.07 bits per heavy atom. The SMILES string of the molecule is CC1CC(N2CCC(CN)CC2)CS1. The van der Waals surface area contributed by atoms with Crippen molar-refractivity contribution in [2.75, 3.05) is 25.4 Å². The number of rotatable bonds is 2. The summed E-state index contributed by atoms with van der Waals surface area (Å²) in [7, 11) is 0. The van der Waals surface area contributed by atoms with Crippen molar-refractivity contribution in [2.24, 2.45) is 11.7 Å². The van der Waals surface area contributed by atoms with Gasteiger partial charge >= 0.3 is 0 Å². The van der Waals surface area contributed by atoms with Gasteiger partial charge in [0, 0.05) is 17.0 Å². The lowest BCUT2D eigenvalue weighted by molar-refractivity contribution is 0.144. The maximum atomic E-state index is 5.70. The first-order valence-electron chi connectivity index (χ1n) is 5.85. The molecule has 0 aromatic rings. The fraction of sp³-hybridized carbons (Fsp3) is 1.00. The molecule has 0 bridgehead atoms. The molecule has 0 aromatic heterocycles. The third-order valence-electron chi connectivity index (χ3n) is 3.68. The maximum absolute atomic E-state index is 5.70. The molecule has 0 amide bonds. The molecule has 3 heteroatoms. The molecule has 2 saturated heterocycles. The van der Waals surface area contributed by atoms with Gasteiger partial charge in [-0.3, -0.25) is 4.90 Å². The minimum Gasteiger partial charge on any atom is -0.330 e. The van der Waals surface area contributed by atoms with Crippen LogP contribution in [0, 0.1) is 5.92 Å². The molecule has 14 heavy (non-hydrogen) atoms. The van der Waals surface area contributed by atoms with Crippen LogP contribution in [-0.4, -0.2) is 41.6 Å². The van der Waals surface area contributed by atoms with Gasteiger partial charge in [0.25, 0.3) is 0 Å². The molecule has 0 aliphatic carbocycles. The molecule has 2 aliphatic rings. The van der Waals surface area contributed by atoms with Crippen molar-refractivity contribution in [3.8, 4) is 0 Å². The zero-order chi connectivity index (χ0) is 9.97. The summed E-state index contributed by atoms with van der Waals surface area (Å²) in [5.74, 6) is 2.16. The van der Waals surface area contributed by atoms with E-state index in [2.05, 4.69) is 23.6 Å². The van der Waals surface area contributed by atoms with Gasteiger partial charge in [0.15, 0.2) is 0 Å². The number of nitrogens with two attached hydrogens (primary N) is 1. The van der Waals surface area contributed by atoms with Gasteiger partial charge in [-0.05, 0) is 44.8 Å². The first-order chi connectivity index (χ1) is 6.79. The van der Waals surface area contributed by atoms with Gasteiger partial charge in [0.1, 0.15) is 0 Å². The smallest absolute Gasteiger partial charge is 0.0196 e. The van der Waals surface area contributed by atoms with Crippen LogP contribution in [0.5, 0.6) is 0 Å². The highest BCUT2D eigenvalue weighted by molar-refractivity contribution is 8.00. The van der Waals surface area contributed by atoms with E-state index in [0.29, 0.717) is 0 Å². The van der Waals surface area contributed by atoms with E-state index in [4.69, 9.17) is 5.73 Å². The van der Waals surface area contributed by atoms with Gasteiger partial charge in [-0.25, -0.2) is 0 Å². The predicted octanol–water partition coefficient (Wildman–Crippen LogP) is 1.55. The molecule has 82 valence electrons. The topological polar surface area (TPSA) is 29.3 Å². The number of nitrogens with zero attached hydrogens (tertiary/aromatic N) is 1. The molecule has 2 atom stereocenters. The summed E-state index contributed by atoms with van der Waals surface area (Å²) in [4.78, 5) is 2.70. The molecule has 2 aliphatic heterocycles. The van der Waals surface area contributed by atoms with Crippen LogP contribution >= 0.6 is 11.8 Å². The second-order valence-electron chi connectivity index (χ2n) is 4.75. The van der Waals surface area contributed by atoms with Crippen molar-refractivity contribution < 1.29 is 0 Å². The Morgan fingerprint density at radius 1 is 1.36 bits per heavy atom. The van der Waals surface area contributed by atoms with E-state index in [1.807, 2.05) is 0 Å². The molecule has 2 N–H and O–H groups in total. The summed E-state index contributed by atoms with van der Waals surface area (Å²) in [6, 6.07) is 0.869. The van der Waals surface area contributed by atoms with E-state index >= 15 is 0 Å². The number of thioether (sulfide) groups is 1. The molecular weight excluding hydrogens is 192 g/mol. The van der Waals surface area contributed by atoms with Crippen LogP contribution in [0.1, 0.15) is 26.2 Å². The van der Waals surface area contributed by atoms with Crippen LogP contribution < -0.4 is 5.73 Å². The Balaban J connectivity index is 1.78. The Morgan fingerprint density at radius 3 is 2.57 bits per heavy atom. The Kier molecular flexibility index (Phi) is 3.74. The minimum atomic E-state index is 0.803. The highest BCUT2D eigenvalue weighted by Gasteiger charge is 2.29. The van der Waals surface area contributed by atoms with E-state index in [9.17, 15) is 0 Å². The van der Waals surface area contributed by atoms with Gasteiger partial charge in [-0.15, -0.1) is 0 Å². The van der Waals surface area contributed by atoms with Crippen LogP contribution in [0.2, 0.25) is 0 Å². The van der Waals surface area contributed by atoms with Crippen molar-refractivity contribution in [3.63, 3.8) is 0 Å². The summed E-state index contributed by atoms with van der Waals surface area (Å²) in [6.45, 7) is 5.83. The zero-order valence-corrected chi connectivity index (χ0v) is 9.93. The Hall–Kier alpha value is 0.270. The fourth-order valence-electron chi connectivity index (χ4n) is 2.60. The molecule has 0 spiro atoms. The van der Waals surface area contributed by atoms with Crippen molar-refractivity contribution in [2.45, 2.75) is 37.5 Å². The van der Waals surface area contributed by atoms with E-state index in [-0.39, 0.29) is 0 Å². The monoisotopic (exact) mass is 214 g/mol. The van der Waals surface area contributed by atoms with E-state index < -0.39 is 0 Å². The second kappa shape index (κ2) is 4.86. The number of hydrogen-bond acceptors (Lipinski definition) is 3. The third-order valence-corrected chi connectivity index (χ3v) is 5.01. The molecule has 2 fully saturated rings. The van der Waals surface area contributed by atoms with Crippen LogP contribution in [-0.2, 0) is 0 Å². The predicted molar refractivity (Wildman–Crippen MR) is 63.7 cm³/mol. The summed E-state index contributed by atoms with van der Waals surface area (Å²) in [5.41, 5.74) is 5.70. The molecular formula is C11H22N2S. The minimum absolute atomic E-state index is 0.803. The number of hydrogen-bond donors (Lipinski definition) is 1. The Bertz CT molecular complexity index is 178. The van der Waals surface area contributed by atoms with Crippen LogP contribution in [0.4, 0.5) is 0 Å². The van der Waals surface area contributed by atoms with Crippen LogP contribution in [0.3, 0.4) is 0 Å². The molecule has 0 saturated carbocycles. The third kappa shape index (κ3) is 2.44. The normalized spacial score (nSPS) is 36.4. The zero-order valence-electron chi connectivity index (χ0n) is 9.11. The lowest BCUT2D eigenvalue weighted by atomic mass is 9.95. The van der Waals surface area contributed by atoms with Gasteiger partial charge in [-0.1, -0.05) is 6.92 Å². The molecule has 2 unspecified atom stereocenters. The molecule has 0 radical (unpaired) electrons. The number of piperidine rings is 1. The lowest BCUT2D eigenvalue weighted by Gasteiger charge is -2.35. The van der Waals surface area contributed by atoms with Crippen molar-refractivity contribution in [1.82, 2.24) is 4.90 Å². The van der Waals surface area contributed by atoms with E-state index in [1.54, 1.807) is 0 Å². The van der Waals surface area contributed by atoms with Gasteiger partial charge in [0.05, 0.1) is 0 Å². The summed E-state index contributed by atoms with van der Waals surface area (Å²) in [5, 5.41) is 0.882. The molecule has 2 rings (SSSR count). The average molecular weight is 214 g/mol.